The Labute approximate surface area is 88.3 Å². The van der Waals surface area contributed by atoms with Gasteiger partial charge in [-0.1, -0.05) is 0 Å². The monoisotopic (exact) mass is 212 g/mol. The van der Waals surface area contributed by atoms with Crippen molar-refractivity contribution >= 4 is 12.6 Å². The lowest BCUT2D eigenvalue weighted by molar-refractivity contribution is 0.348. The molecule has 0 saturated heterocycles. The van der Waals surface area contributed by atoms with Crippen LogP contribution in [0.2, 0.25) is 0 Å². The van der Waals surface area contributed by atoms with Crippen LogP contribution >= 0.6 is 0 Å². The molecule has 0 amide bonds. The third-order valence-electron chi connectivity index (χ3n) is 2.00. The molecule has 0 aliphatic heterocycles. The Bertz CT molecular complexity index is 340. The molecule has 0 radical (unpaired) electrons. The van der Waals surface area contributed by atoms with Crippen LogP contribution in [-0.4, -0.2) is 38.5 Å². The van der Waals surface area contributed by atoms with Gasteiger partial charge in [-0.25, -0.2) is 0 Å². The largest absolute Gasteiger partial charge is 0.497 e. The Morgan fingerprint density at radius 2 is 1.67 bits per heavy atom. The first kappa shape index (κ1) is 11.7. The minimum Gasteiger partial charge on any atom is -0.497 e. The van der Waals surface area contributed by atoms with E-state index in [9.17, 15) is 0 Å². The van der Waals surface area contributed by atoms with Gasteiger partial charge in [0.15, 0.2) is 11.5 Å². The molecule has 0 atom stereocenters. The van der Waals surface area contributed by atoms with Crippen LogP contribution in [-0.2, 0) is 0 Å². The highest BCUT2D eigenvalue weighted by Crippen LogP contribution is 2.29. The van der Waals surface area contributed by atoms with Crippen molar-refractivity contribution in [2.75, 3.05) is 21.3 Å². The van der Waals surface area contributed by atoms with Crippen LogP contribution in [0.25, 0.3) is 0 Å². The minimum atomic E-state index is -1.64. The fourth-order valence-corrected chi connectivity index (χ4v) is 1.28. The van der Waals surface area contributed by atoms with Gasteiger partial charge in [-0.3, -0.25) is 0 Å². The molecule has 0 aliphatic carbocycles. The van der Waals surface area contributed by atoms with Gasteiger partial charge in [-0.05, 0) is 6.07 Å². The normalized spacial score (nSPS) is 9.67. The highest BCUT2D eigenvalue weighted by Gasteiger charge is 2.22. The van der Waals surface area contributed by atoms with E-state index in [4.69, 9.17) is 24.3 Å². The van der Waals surface area contributed by atoms with Gasteiger partial charge in [0.25, 0.3) is 0 Å². The van der Waals surface area contributed by atoms with Crippen molar-refractivity contribution in [1.29, 1.82) is 0 Å². The van der Waals surface area contributed by atoms with E-state index in [0.29, 0.717) is 11.5 Å². The molecule has 0 heterocycles. The number of benzene rings is 1. The zero-order valence-corrected chi connectivity index (χ0v) is 8.85. The molecule has 0 aliphatic rings. The lowest BCUT2D eigenvalue weighted by atomic mass is 9.79. The standard InChI is InChI=1S/C9H13BO5/c1-13-6-4-7(10(11)12)9(15-3)8(5-6)14-2/h4-5,11-12H,1-3H3. The fourth-order valence-electron chi connectivity index (χ4n) is 1.28. The Balaban J connectivity index is 3.32. The van der Waals surface area contributed by atoms with Gasteiger partial charge < -0.3 is 24.3 Å². The molecule has 82 valence electrons. The van der Waals surface area contributed by atoms with E-state index in [2.05, 4.69) is 0 Å². The molecule has 0 aromatic heterocycles. The highest BCUT2D eigenvalue weighted by molar-refractivity contribution is 6.60. The number of hydrogen-bond donors (Lipinski definition) is 2. The molecule has 1 aromatic carbocycles. The molecule has 2 N–H and O–H groups in total. The van der Waals surface area contributed by atoms with Crippen molar-refractivity contribution in [1.82, 2.24) is 0 Å². The molecule has 0 spiro atoms. The van der Waals surface area contributed by atoms with Crippen LogP contribution in [0.5, 0.6) is 17.2 Å². The third-order valence-corrected chi connectivity index (χ3v) is 2.00. The number of hydrogen-bond acceptors (Lipinski definition) is 5. The summed E-state index contributed by atoms with van der Waals surface area (Å²) in [6, 6.07) is 3.08. The Morgan fingerprint density at radius 1 is 1.00 bits per heavy atom. The fraction of sp³-hybridized carbons (Fsp3) is 0.333. The zero-order valence-electron chi connectivity index (χ0n) is 8.85. The van der Waals surface area contributed by atoms with Crippen molar-refractivity contribution in [2.45, 2.75) is 0 Å². The summed E-state index contributed by atoms with van der Waals surface area (Å²) < 4.78 is 15.1. The molecule has 0 saturated carbocycles. The van der Waals surface area contributed by atoms with E-state index in [1.807, 2.05) is 0 Å². The van der Waals surface area contributed by atoms with E-state index in [-0.39, 0.29) is 11.2 Å². The molecule has 1 aromatic rings. The number of rotatable bonds is 4. The molecular weight excluding hydrogens is 199 g/mol. The second-order valence-electron chi connectivity index (χ2n) is 2.83. The first-order valence-corrected chi connectivity index (χ1v) is 4.30. The first-order chi connectivity index (χ1) is 7.13. The van der Waals surface area contributed by atoms with Gasteiger partial charge >= 0.3 is 7.12 Å². The van der Waals surface area contributed by atoms with Crippen LogP contribution in [0, 0.1) is 0 Å². The minimum absolute atomic E-state index is 0.203. The van der Waals surface area contributed by atoms with Gasteiger partial charge in [0, 0.05) is 11.5 Å². The maximum absolute atomic E-state index is 9.14. The van der Waals surface area contributed by atoms with Crippen LogP contribution in [0.4, 0.5) is 0 Å². The van der Waals surface area contributed by atoms with Crippen LogP contribution in [0.1, 0.15) is 0 Å². The summed E-state index contributed by atoms with van der Waals surface area (Å²) in [5.41, 5.74) is 0.203. The maximum Gasteiger partial charge on any atom is 0.492 e. The highest BCUT2D eigenvalue weighted by atomic mass is 16.5. The smallest absolute Gasteiger partial charge is 0.492 e. The van der Waals surface area contributed by atoms with Crippen LogP contribution in [0.3, 0.4) is 0 Å². The number of methoxy groups -OCH3 is 3. The first-order valence-electron chi connectivity index (χ1n) is 4.30. The lowest BCUT2D eigenvalue weighted by Gasteiger charge is -2.13. The van der Waals surface area contributed by atoms with Crippen molar-refractivity contribution in [3.05, 3.63) is 12.1 Å². The lowest BCUT2D eigenvalue weighted by Crippen LogP contribution is -2.31. The Hall–Kier alpha value is -1.40. The average molecular weight is 212 g/mol. The van der Waals surface area contributed by atoms with Crippen molar-refractivity contribution in [3.8, 4) is 17.2 Å². The van der Waals surface area contributed by atoms with Gasteiger partial charge in [0.1, 0.15) is 5.75 Å². The SMILES string of the molecule is COc1cc(OC)c(OC)c(B(O)O)c1. The van der Waals surface area contributed by atoms with E-state index in [0.717, 1.165) is 0 Å². The predicted octanol–water partition coefficient (Wildman–Crippen LogP) is -0.608. The number of ether oxygens (including phenoxy) is 3. The zero-order chi connectivity index (χ0) is 11.4. The molecule has 15 heavy (non-hydrogen) atoms. The summed E-state index contributed by atoms with van der Waals surface area (Å²) in [7, 11) is 2.74. The summed E-state index contributed by atoms with van der Waals surface area (Å²) in [5, 5.41) is 18.3. The van der Waals surface area contributed by atoms with Crippen molar-refractivity contribution < 1.29 is 24.3 Å². The summed E-state index contributed by atoms with van der Waals surface area (Å²) in [5.74, 6) is 1.14. The van der Waals surface area contributed by atoms with Crippen molar-refractivity contribution in [3.63, 3.8) is 0 Å². The Kier molecular flexibility index (Phi) is 3.82. The van der Waals surface area contributed by atoms with E-state index >= 15 is 0 Å². The Morgan fingerprint density at radius 3 is 2.07 bits per heavy atom. The molecule has 1 rings (SSSR count). The quantitative estimate of drug-likeness (QED) is 0.651. The second-order valence-corrected chi connectivity index (χ2v) is 2.83. The topological polar surface area (TPSA) is 68.2 Å². The van der Waals surface area contributed by atoms with Gasteiger partial charge in [-0.15, -0.1) is 0 Å². The van der Waals surface area contributed by atoms with Gasteiger partial charge in [0.05, 0.1) is 21.3 Å². The molecule has 0 bridgehead atoms. The van der Waals surface area contributed by atoms with Gasteiger partial charge in [-0.2, -0.15) is 0 Å². The van der Waals surface area contributed by atoms with E-state index in [1.165, 1.54) is 27.4 Å². The molecule has 0 fully saturated rings. The summed E-state index contributed by atoms with van der Waals surface area (Å²) in [6.45, 7) is 0. The van der Waals surface area contributed by atoms with Crippen LogP contribution < -0.4 is 19.7 Å². The third kappa shape index (κ3) is 2.34. The summed E-state index contributed by atoms with van der Waals surface area (Å²) in [4.78, 5) is 0. The molecule has 6 heteroatoms. The van der Waals surface area contributed by atoms with Gasteiger partial charge in [0.2, 0.25) is 0 Å². The molecule has 5 nitrogen and oxygen atoms in total. The molecule has 0 unspecified atom stereocenters. The van der Waals surface area contributed by atoms with E-state index < -0.39 is 7.12 Å². The van der Waals surface area contributed by atoms with Crippen LogP contribution in [0.15, 0.2) is 12.1 Å². The molecular formula is C9H13BO5. The summed E-state index contributed by atoms with van der Waals surface area (Å²) >= 11 is 0. The average Bonchev–Trinajstić information content (AvgIpc) is 2.26. The predicted molar refractivity (Wildman–Crippen MR) is 55.9 cm³/mol. The van der Waals surface area contributed by atoms with E-state index in [1.54, 1.807) is 6.07 Å². The van der Waals surface area contributed by atoms with Crippen molar-refractivity contribution in [2.24, 2.45) is 0 Å². The second kappa shape index (κ2) is 4.90. The maximum atomic E-state index is 9.14. The summed E-state index contributed by atoms with van der Waals surface area (Å²) in [6.07, 6.45) is 0.